The molecule has 6 rings (SSSR count). The van der Waals surface area contributed by atoms with E-state index in [9.17, 15) is 24.3 Å². The van der Waals surface area contributed by atoms with Crippen LogP contribution >= 0.6 is 58.0 Å². The molecule has 0 saturated carbocycles. The Bertz CT molecular complexity index is 2390. The predicted molar refractivity (Wildman–Crippen MR) is 241 cm³/mol. The van der Waals surface area contributed by atoms with Crippen molar-refractivity contribution in [2.75, 3.05) is 0 Å². The summed E-state index contributed by atoms with van der Waals surface area (Å²) in [6.45, 7) is 17.7. The van der Waals surface area contributed by atoms with Gasteiger partial charge in [-0.3, -0.25) is 19.2 Å². The third-order valence-electron chi connectivity index (χ3n) is 9.12. The fourth-order valence-electron chi connectivity index (χ4n) is 5.69. The van der Waals surface area contributed by atoms with Crippen LogP contribution < -0.4 is 10.6 Å². The Labute approximate surface area is 370 Å². The van der Waals surface area contributed by atoms with Gasteiger partial charge in [0.2, 0.25) is 5.24 Å². The highest BCUT2D eigenvalue weighted by Gasteiger charge is 2.43. The van der Waals surface area contributed by atoms with Crippen molar-refractivity contribution < 1.29 is 29.0 Å². The summed E-state index contributed by atoms with van der Waals surface area (Å²) in [5.41, 5.74) is 2.41. The Hall–Kier alpha value is -4.31. The van der Waals surface area contributed by atoms with Crippen molar-refractivity contribution in [3.8, 4) is 22.3 Å². The molecule has 2 amide bonds. The lowest BCUT2D eigenvalue weighted by Gasteiger charge is -2.25. The Balaban J connectivity index is 0.000000229. The lowest BCUT2D eigenvalue weighted by Crippen LogP contribution is -2.40. The van der Waals surface area contributed by atoms with Crippen molar-refractivity contribution in [3.63, 3.8) is 0 Å². The number of amides is 2. The van der Waals surface area contributed by atoms with Crippen LogP contribution in [0.2, 0.25) is 20.1 Å². The van der Waals surface area contributed by atoms with Crippen molar-refractivity contribution in [1.82, 2.24) is 10.6 Å². The van der Waals surface area contributed by atoms with Gasteiger partial charge in [0.1, 0.15) is 11.5 Å². The molecule has 0 spiro atoms. The molecule has 0 saturated heterocycles. The van der Waals surface area contributed by atoms with E-state index in [1.165, 1.54) is 0 Å². The second-order valence-electron chi connectivity index (χ2n) is 17.2. The number of aliphatic hydroxyl groups excluding tert-OH is 1. The van der Waals surface area contributed by atoms with E-state index in [1.807, 2.05) is 48.5 Å². The van der Waals surface area contributed by atoms with Gasteiger partial charge in [0, 0.05) is 36.6 Å². The van der Waals surface area contributed by atoms with Crippen LogP contribution in [-0.4, -0.2) is 39.2 Å². The number of esters is 1. The molecular weight excluding hydrogens is 854 g/mol. The molecule has 0 aromatic heterocycles. The number of hydrogen-bond donors (Lipinski definition) is 3. The first-order chi connectivity index (χ1) is 27.1. The van der Waals surface area contributed by atoms with Crippen molar-refractivity contribution in [2.24, 2.45) is 10.8 Å². The van der Waals surface area contributed by atoms with Crippen LogP contribution in [0, 0.1) is 10.8 Å². The van der Waals surface area contributed by atoms with E-state index < -0.39 is 22.5 Å². The number of halogens is 5. The second kappa shape index (κ2) is 18.1. The van der Waals surface area contributed by atoms with Crippen molar-refractivity contribution in [3.05, 3.63) is 128 Å². The third kappa shape index (κ3) is 11.5. The molecular formula is C46H47Cl5N2O6. The average Bonchev–Trinajstić information content (AvgIpc) is 3.47. The molecule has 4 aromatic carbocycles. The topological polar surface area (TPSA) is 122 Å². The minimum atomic E-state index is -0.831. The smallest absolute Gasteiger partial charge is 0.316 e. The average molecular weight is 901 g/mol. The van der Waals surface area contributed by atoms with Crippen LogP contribution in [0.15, 0.2) is 96.4 Å². The minimum absolute atomic E-state index is 0.0000874. The Kier molecular flexibility index (Phi) is 14.6. The van der Waals surface area contributed by atoms with Crippen LogP contribution in [0.3, 0.4) is 0 Å². The molecule has 13 heteroatoms. The van der Waals surface area contributed by atoms with E-state index in [2.05, 4.69) is 10.6 Å². The molecule has 0 radical (unpaired) electrons. The maximum Gasteiger partial charge on any atom is 0.316 e. The summed E-state index contributed by atoms with van der Waals surface area (Å²) >= 11 is 30.1. The minimum Gasteiger partial charge on any atom is -0.509 e. The van der Waals surface area contributed by atoms with E-state index in [0.717, 1.165) is 22.3 Å². The lowest BCUT2D eigenvalue weighted by atomic mass is 9.95. The Morgan fingerprint density at radius 1 is 0.593 bits per heavy atom. The highest BCUT2D eigenvalue weighted by molar-refractivity contribution is 6.64. The number of carbonyl (C=O) groups is 4. The third-order valence-corrected chi connectivity index (χ3v) is 10.8. The monoisotopic (exact) mass is 898 g/mol. The van der Waals surface area contributed by atoms with Gasteiger partial charge in [-0.1, -0.05) is 116 Å². The zero-order valence-electron chi connectivity index (χ0n) is 34.5. The van der Waals surface area contributed by atoms with Gasteiger partial charge in [-0.25, -0.2) is 0 Å². The van der Waals surface area contributed by atoms with Crippen LogP contribution in [-0.2, 0) is 23.9 Å². The number of aliphatic hydroxyl groups is 1. The number of benzene rings is 4. The second-order valence-corrected chi connectivity index (χ2v) is 19.2. The van der Waals surface area contributed by atoms with E-state index >= 15 is 0 Å². The summed E-state index contributed by atoms with van der Waals surface area (Å²) in [6, 6.07) is 25.6. The van der Waals surface area contributed by atoms with Crippen LogP contribution in [0.5, 0.6) is 0 Å². The summed E-state index contributed by atoms with van der Waals surface area (Å²) in [6.07, 6.45) is 0. The molecule has 0 fully saturated rings. The zero-order valence-corrected chi connectivity index (χ0v) is 38.2. The van der Waals surface area contributed by atoms with Crippen molar-refractivity contribution >= 4 is 92.2 Å². The van der Waals surface area contributed by atoms with Crippen LogP contribution in [0.4, 0.5) is 0 Å². The number of ether oxygens (including phenoxy) is 1. The van der Waals surface area contributed by atoms with Gasteiger partial charge in [0.15, 0.2) is 0 Å². The standard InChI is InChI=1S/C23H23Cl2NO3.C18H15Cl2NO2.C5H9ClO/c1-22(2,3)21(28)29-19-18(20(27)26-23(19,4)5)16-10-9-14(12-17(16)25)13-7-6-8-15(24)11-13;1-18(2)16(22)15(17(23)21-18)13-7-6-11(9-14(13)20)10-4-3-5-12(19)8-10;1-5(2,3)4(6)7/h6-12H,1-5H3,(H,26,27);3-9,22H,1-2H3,(H,21,23);1-3H3. The summed E-state index contributed by atoms with van der Waals surface area (Å²) < 4.78 is 5.70. The first-order valence-electron chi connectivity index (χ1n) is 18.5. The zero-order chi connectivity index (χ0) is 44.4. The van der Waals surface area contributed by atoms with Gasteiger partial charge in [0.05, 0.1) is 27.6 Å². The maximum absolute atomic E-state index is 12.7. The van der Waals surface area contributed by atoms with Crippen molar-refractivity contribution in [1.29, 1.82) is 0 Å². The van der Waals surface area contributed by atoms with E-state index in [1.54, 1.807) is 106 Å². The van der Waals surface area contributed by atoms with E-state index in [4.69, 9.17) is 62.7 Å². The maximum atomic E-state index is 12.7. The molecule has 0 unspecified atom stereocenters. The van der Waals surface area contributed by atoms with Gasteiger partial charge in [0.25, 0.3) is 11.8 Å². The molecule has 0 aliphatic carbocycles. The molecule has 0 bridgehead atoms. The van der Waals surface area contributed by atoms with Gasteiger partial charge in [-0.15, -0.1) is 0 Å². The molecule has 4 aromatic rings. The van der Waals surface area contributed by atoms with Crippen LogP contribution in [0.25, 0.3) is 33.4 Å². The first kappa shape index (κ1) is 47.4. The molecule has 2 aliphatic heterocycles. The van der Waals surface area contributed by atoms with Gasteiger partial charge in [-0.05, 0) is 119 Å². The SMILES string of the molecule is CC(C)(C)C(=O)Cl.CC(C)(C)C(=O)OC1=C(c2ccc(-c3cccc(Cl)c3)cc2Cl)C(=O)NC1(C)C.CC1(C)NC(=O)C(c2ccc(-c3cccc(Cl)c3)cc2Cl)=C1O. The quantitative estimate of drug-likeness (QED) is 0.135. The fraction of sp³-hybridized carbons (Fsp3) is 0.304. The number of carbonyl (C=O) groups excluding carboxylic acids is 4. The first-order valence-corrected chi connectivity index (χ1v) is 20.4. The molecule has 312 valence electrons. The summed E-state index contributed by atoms with van der Waals surface area (Å²) in [7, 11) is 0. The number of nitrogens with one attached hydrogen (secondary N) is 2. The highest BCUT2D eigenvalue weighted by atomic mass is 35.5. The van der Waals surface area contributed by atoms with Crippen LogP contribution in [0.1, 0.15) is 80.4 Å². The molecule has 0 atom stereocenters. The van der Waals surface area contributed by atoms with Gasteiger partial charge < -0.3 is 20.5 Å². The fourth-order valence-corrected chi connectivity index (χ4v) is 6.62. The van der Waals surface area contributed by atoms with Gasteiger partial charge in [-0.2, -0.15) is 0 Å². The Morgan fingerprint density at radius 2 is 0.983 bits per heavy atom. The molecule has 8 nitrogen and oxygen atoms in total. The molecule has 2 heterocycles. The van der Waals surface area contributed by atoms with Crippen molar-refractivity contribution in [2.45, 2.75) is 80.3 Å². The van der Waals surface area contributed by atoms with E-state index in [0.29, 0.717) is 31.2 Å². The molecule has 2 aliphatic rings. The molecule has 3 N–H and O–H groups in total. The lowest BCUT2D eigenvalue weighted by molar-refractivity contribution is -0.149. The number of hydrogen-bond acceptors (Lipinski definition) is 6. The molecule has 59 heavy (non-hydrogen) atoms. The van der Waals surface area contributed by atoms with E-state index in [-0.39, 0.29) is 45.1 Å². The summed E-state index contributed by atoms with van der Waals surface area (Å²) in [5, 5.41) is 17.7. The van der Waals surface area contributed by atoms with Gasteiger partial charge >= 0.3 is 5.97 Å². The largest absolute Gasteiger partial charge is 0.509 e. The Morgan fingerprint density at radius 3 is 1.34 bits per heavy atom. The normalized spacial score (nSPS) is 15.7. The predicted octanol–water partition coefficient (Wildman–Crippen LogP) is 12.5. The number of rotatable bonds is 5. The highest BCUT2D eigenvalue weighted by Crippen LogP contribution is 2.40. The summed E-state index contributed by atoms with van der Waals surface area (Å²) in [4.78, 5) is 47.6. The summed E-state index contributed by atoms with van der Waals surface area (Å²) in [5.74, 6) is -0.796.